The van der Waals surface area contributed by atoms with Crippen LogP contribution < -0.4 is 5.32 Å². The molecule has 142 valence electrons. The molecule has 0 radical (unpaired) electrons. The summed E-state index contributed by atoms with van der Waals surface area (Å²) in [5, 5.41) is 3.46. The number of likely N-dealkylation sites (N-methyl/N-ethyl adjacent to an activating group) is 1. The second-order valence-electron chi connectivity index (χ2n) is 7.12. The van der Waals surface area contributed by atoms with Crippen molar-refractivity contribution in [2.75, 3.05) is 79.0 Å². The average molecular weight is 382 g/mol. The molecule has 3 heterocycles. The van der Waals surface area contributed by atoms with E-state index in [2.05, 4.69) is 15.1 Å². The van der Waals surface area contributed by atoms with Crippen molar-refractivity contribution in [1.29, 1.82) is 0 Å². The van der Waals surface area contributed by atoms with E-state index >= 15 is 0 Å². The van der Waals surface area contributed by atoms with Crippen LogP contribution in [0.1, 0.15) is 12.8 Å². The zero-order chi connectivity index (χ0) is 16.3. The van der Waals surface area contributed by atoms with Crippen molar-refractivity contribution in [3.63, 3.8) is 0 Å². The molecule has 3 fully saturated rings. The first-order valence-electron chi connectivity index (χ1n) is 8.92. The Hall–Kier alpha value is 0.0400. The van der Waals surface area contributed by atoms with Crippen LogP contribution in [0.15, 0.2) is 0 Å². The predicted octanol–water partition coefficient (Wildman–Crippen LogP) is -0.482. The maximum atomic E-state index is 12.7. The van der Waals surface area contributed by atoms with Crippen LogP contribution >= 0.6 is 12.4 Å². The molecular formula is C15H32ClN5O2S. The van der Waals surface area contributed by atoms with Gasteiger partial charge in [0, 0.05) is 58.9 Å². The predicted molar refractivity (Wildman–Crippen MR) is 98.8 cm³/mol. The van der Waals surface area contributed by atoms with Crippen LogP contribution in [-0.2, 0) is 10.2 Å². The standard InChI is InChI=1S/C15H31N5O2S.ClH/c1-17-5-9-19(10-6-17)23(21,22)20-11-7-18(8-12-20)14-15-3-2-4-16-13-15;/h15-16H,2-14H2,1H3;1H. The first kappa shape index (κ1) is 20.4. The van der Waals surface area contributed by atoms with Gasteiger partial charge in [-0.05, 0) is 38.9 Å². The molecular weight excluding hydrogens is 350 g/mol. The number of piperazine rings is 2. The quantitative estimate of drug-likeness (QED) is 0.712. The van der Waals surface area contributed by atoms with Crippen LogP contribution in [0, 0.1) is 5.92 Å². The topological polar surface area (TPSA) is 59.1 Å². The van der Waals surface area contributed by atoms with Crippen LogP contribution in [0.3, 0.4) is 0 Å². The SMILES string of the molecule is CN1CCN(S(=O)(=O)N2CCN(CC3CCCNC3)CC2)CC1.Cl. The highest BCUT2D eigenvalue weighted by Gasteiger charge is 2.34. The molecule has 3 aliphatic heterocycles. The molecule has 1 unspecified atom stereocenters. The van der Waals surface area contributed by atoms with Crippen molar-refractivity contribution in [3.8, 4) is 0 Å². The van der Waals surface area contributed by atoms with Gasteiger partial charge in [0.05, 0.1) is 0 Å². The summed E-state index contributed by atoms with van der Waals surface area (Å²) in [6.07, 6.45) is 2.56. The monoisotopic (exact) mass is 381 g/mol. The second kappa shape index (κ2) is 9.12. The zero-order valence-corrected chi connectivity index (χ0v) is 16.3. The molecule has 3 rings (SSSR count). The highest BCUT2D eigenvalue weighted by atomic mass is 35.5. The first-order valence-corrected chi connectivity index (χ1v) is 10.3. The van der Waals surface area contributed by atoms with E-state index in [0.29, 0.717) is 26.2 Å². The lowest BCUT2D eigenvalue weighted by Gasteiger charge is -2.40. The van der Waals surface area contributed by atoms with E-state index in [-0.39, 0.29) is 12.4 Å². The van der Waals surface area contributed by atoms with Gasteiger partial charge in [0.2, 0.25) is 0 Å². The normalized spacial score (nSPS) is 29.3. The summed E-state index contributed by atoms with van der Waals surface area (Å²) >= 11 is 0. The van der Waals surface area contributed by atoms with Gasteiger partial charge in [0.25, 0.3) is 10.2 Å². The Kier molecular flexibility index (Phi) is 7.73. The Bertz CT molecular complexity index is 470. The van der Waals surface area contributed by atoms with Gasteiger partial charge in [-0.15, -0.1) is 12.4 Å². The summed E-state index contributed by atoms with van der Waals surface area (Å²) in [5.74, 6) is 0.726. The molecule has 7 nitrogen and oxygen atoms in total. The molecule has 3 saturated heterocycles. The van der Waals surface area contributed by atoms with E-state index in [1.54, 1.807) is 8.61 Å². The molecule has 1 N–H and O–H groups in total. The number of piperidine rings is 1. The van der Waals surface area contributed by atoms with Gasteiger partial charge >= 0.3 is 0 Å². The van der Waals surface area contributed by atoms with Crippen molar-refractivity contribution < 1.29 is 8.42 Å². The molecule has 0 aromatic rings. The van der Waals surface area contributed by atoms with E-state index in [4.69, 9.17) is 0 Å². The van der Waals surface area contributed by atoms with Gasteiger partial charge in [-0.1, -0.05) is 0 Å². The Morgan fingerprint density at radius 3 is 2.08 bits per heavy atom. The zero-order valence-electron chi connectivity index (χ0n) is 14.7. The molecule has 0 aromatic heterocycles. The molecule has 9 heteroatoms. The molecule has 1 atom stereocenters. The summed E-state index contributed by atoms with van der Waals surface area (Å²) in [4.78, 5) is 4.62. The summed E-state index contributed by atoms with van der Waals surface area (Å²) < 4.78 is 28.8. The third-order valence-electron chi connectivity index (χ3n) is 5.36. The van der Waals surface area contributed by atoms with Crippen LogP contribution in [-0.4, -0.2) is 106 Å². The van der Waals surface area contributed by atoms with Crippen LogP contribution in [0.25, 0.3) is 0 Å². The van der Waals surface area contributed by atoms with Gasteiger partial charge in [0.1, 0.15) is 0 Å². The van der Waals surface area contributed by atoms with E-state index < -0.39 is 10.2 Å². The van der Waals surface area contributed by atoms with Gasteiger partial charge in [-0.3, -0.25) is 0 Å². The molecule has 3 aliphatic rings. The number of nitrogens with zero attached hydrogens (tertiary/aromatic N) is 4. The number of rotatable bonds is 4. The van der Waals surface area contributed by atoms with Crippen LogP contribution in [0.4, 0.5) is 0 Å². The van der Waals surface area contributed by atoms with Gasteiger partial charge in [-0.25, -0.2) is 0 Å². The Labute approximate surface area is 152 Å². The highest BCUT2D eigenvalue weighted by molar-refractivity contribution is 7.86. The highest BCUT2D eigenvalue weighted by Crippen LogP contribution is 2.17. The molecule has 0 bridgehead atoms. The maximum absolute atomic E-state index is 12.7. The lowest BCUT2D eigenvalue weighted by atomic mass is 9.99. The fourth-order valence-corrected chi connectivity index (χ4v) is 5.35. The van der Waals surface area contributed by atoms with E-state index in [9.17, 15) is 8.42 Å². The van der Waals surface area contributed by atoms with E-state index in [0.717, 1.165) is 51.7 Å². The summed E-state index contributed by atoms with van der Waals surface area (Å²) in [6.45, 7) is 9.25. The van der Waals surface area contributed by atoms with Crippen LogP contribution in [0.2, 0.25) is 0 Å². The van der Waals surface area contributed by atoms with E-state index in [1.165, 1.54) is 12.8 Å². The van der Waals surface area contributed by atoms with Crippen LogP contribution in [0.5, 0.6) is 0 Å². The second-order valence-corrected chi connectivity index (χ2v) is 9.05. The average Bonchev–Trinajstić information content (AvgIpc) is 2.57. The molecule has 0 aliphatic carbocycles. The number of nitrogens with one attached hydrogen (secondary N) is 1. The van der Waals surface area contributed by atoms with Gasteiger partial charge in [0.15, 0.2) is 0 Å². The molecule has 0 amide bonds. The van der Waals surface area contributed by atoms with Gasteiger partial charge in [-0.2, -0.15) is 17.0 Å². The lowest BCUT2D eigenvalue weighted by Crippen LogP contribution is -2.57. The molecule has 0 aromatic carbocycles. The van der Waals surface area contributed by atoms with Crippen molar-refractivity contribution in [2.45, 2.75) is 12.8 Å². The van der Waals surface area contributed by atoms with Crippen molar-refractivity contribution in [2.24, 2.45) is 5.92 Å². The fraction of sp³-hybridized carbons (Fsp3) is 1.00. The minimum absolute atomic E-state index is 0. The minimum atomic E-state index is -3.26. The fourth-order valence-electron chi connectivity index (χ4n) is 3.77. The van der Waals surface area contributed by atoms with Crippen molar-refractivity contribution >= 4 is 22.6 Å². The lowest BCUT2D eigenvalue weighted by molar-refractivity contribution is 0.145. The summed E-state index contributed by atoms with van der Waals surface area (Å²) in [7, 11) is -1.22. The number of hydrogen-bond donors (Lipinski definition) is 1. The summed E-state index contributed by atoms with van der Waals surface area (Å²) in [5.41, 5.74) is 0. The van der Waals surface area contributed by atoms with Gasteiger partial charge < -0.3 is 15.1 Å². The Balaban J connectivity index is 0.00000208. The molecule has 0 saturated carbocycles. The Morgan fingerprint density at radius 2 is 1.54 bits per heavy atom. The first-order chi connectivity index (χ1) is 11.1. The third-order valence-corrected chi connectivity index (χ3v) is 7.40. The maximum Gasteiger partial charge on any atom is 0.282 e. The molecule has 0 spiro atoms. The molecule has 24 heavy (non-hydrogen) atoms. The number of halogens is 1. The largest absolute Gasteiger partial charge is 0.316 e. The summed E-state index contributed by atoms with van der Waals surface area (Å²) in [6, 6.07) is 0. The Morgan fingerprint density at radius 1 is 0.958 bits per heavy atom. The third kappa shape index (κ3) is 5.03. The smallest absolute Gasteiger partial charge is 0.282 e. The number of hydrogen-bond acceptors (Lipinski definition) is 5. The van der Waals surface area contributed by atoms with E-state index in [1.807, 2.05) is 7.05 Å². The van der Waals surface area contributed by atoms with Crippen molar-refractivity contribution in [3.05, 3.63) is 0 Å². The van der Waals surface area contributed by atoms with Crippen molar-refractivity contribution in [1.82, 2.24) is 23.7 Å². The minimum Gasteiger partial charge on any atom is -0.316 e.